The molecule has 160 valence electrons. The molecule has 3 heterocycles. The highest BCUT2D eigenvalue weighted by Crippen LogP contribution is 2.29. The summed E-state index contributed by atoms with van der Waals surface area (Å²) in [6, 6.07) is 10.3. The summed E-state index contributed by atoms with van der Waals surface area (Å²) in [6.45, 7) is 3.53. The minimum Gasteiger partial charge on any atom is -0.493 e. The minimum absolute atomic E-state index is 0.130. The number of pyridine rings is 1. The lowest BCUT2D eigenvalue weighted by Crippen LogP contribution is -2.27. The molecule has 0 aliphatic rings. The van der Waals surface area contributed by atoms with Crippen molar-refractivity contribution in [3.05, 3.63) is 74.8 Å². The molecule has 0 spiro atoms. The van der Waals surface area contributed by atoms with Crippen molar-refractivity contribution in [2.24, 2.45) is 0 Å². The van der Waals surface area contributed by atoms with Crippen LogP contribution < -0.4 is 20.6 Å². The second kappa shape index (κ2) is 8.57. The second-order valence-corrected chi connectivity index (χ2v) is 7.05. The Bertz CT molecular complexity index is 1360. The number of nitrogens with one attached hydrogen (secondary N) is 1. The molecule has 0 radical (unpaired) electrons. The molecule has 0 unspecified atom stereocenters. The molecule has 0 atom stereocenters. The van der Waals surface area contributed by atoms with E-state index in [-0.39, 0.29) is 11.1 Å². The van der Waals surface area contributed by atoms with Crippen molar-refractivity contribution in [1.29, 1.82) is 0 Å². The number of rotatable bonds is 7. The first kappa shape index (κ1) is 20.5. The Balaban J connectivity index is 1.64. The van der Waals surface area contributed by atoms with E-state index in [2.05, 4.69) is 15.0 Å². The first-order valence-electron chi connectivity index (χ1n) is 9.87. The molecule has 31 heavy (non-hydrogen) atoms. The molecule has 1 N–H and O–H groups in total. The number of benzene rings is 1. The van der Waals surface area contributed by atoms with E-state index in [1.807, 2.05) is 17.9 Å². The van der Waals surface area contributed by atoms with Crippen LogP contribution in [0.2, 0.25) is 0 Å². The largest absolute Gasteiger partial charge is 0.493 e. The van der Waals surface area contributed by atoms with Crippen molar-refractivity contribution in [3.8, 4) is 11.5 Å². The first-order valence-corrected chi connectivity index (χ1v) is 9.87. The van der Waals surface area contributed by atoms with Crippen LogP contribution in [0.3, 0.4) is 0 Å². The smallest absolute Gasteiger partial charge is 0.258 e. The third-order valence-corrected chi connectivity index (χ3v) is 5.09. The summed E-state index contributed by atoms with van der Waals surface area (Å²) < 4.78 is 12.1. The van der Waals surface area contributed by atoms with Crippen LogP contribution in [0.15, 0.2) is 52.2 Å². The molecule has 9 heteroatoms. The van der Waals surface area contributed by atoms with Crippen LogP contribution in [-0.2, 0) is 13.1 Å². The van der Waals surface area contributed by atoms with Gasteiger partial charge in [0.25, 0.3) is 11.1 Å². The highest BCUT2D eigenvalue weighted by molar-refractivity contribution is 5.81. The van der Waals surface area contributed by atoms with E-state index < -0.39 is 0 Å². The summed E-state index contributed by atoms with van der Waals surface area (Å²) in [4.78, 5) is 39.0. The van der Waals surface area contributed by atoms with Gasteiger partial charge in [0.05, 0.1) is 37.4 Å². The van der Waals surface area contributed by atoms with Gasteiger partial charge in [0.1, 0.15) is 11.5 Å². The second-order valence-electron chi connectivity index (χ2n) is 7.05. The Kier molecular flexibility index (Phi) is 5.68. The predicted octanol–water partition coefficient (Wildman–Crippen LogP) is 1.97. The van der Waals surface area contributed by atoms with Crippen LogP contribution in [0.1, 0.15) is 18.4 Å². The highest BCUT2D eigenvalue weighted by Gasteiger charge is 2.14. The van der Waals surface area contributed by atoms with Gasteiger partial charge in [-0.2, -0.15) is 0 Å². The highest BCUT2D eigenvalue weighted by atomic mass is 16.5. The third-order valence-electron chi connectivity index (χ3n) is 5.09. The Labute approximate surface area is 177 Å². The average Bonchev–Trinajstić information content (AvgIpc) is 2.77. The fourth-order valence-electron chi connectivity index (χ4n) is 3.49. The van der Waals surface area contributed by atoms with E-state index in [4.69, 9.17) is 9.47 Å². The van der Waals surface area contributed by atoms with Crippen LogP contribution in [0.4, 0.5) is 0 Å². The van der Waals surface area contributed by atoms with Crippen molar-refractivity contribution in [2.45, 2.75) is 20.0 Å². The summed E-state index contributed by atoms with van der Waals surface area (Å²) in [6.07, 6.45) is 1.69. The maximum Gasteiger partial charge on any atom is 0.258 e. The van der Waals surface area contributed by atoms with Crippen LogP contribution in [0.25, 0.3) is 16.6 Å². The Morgan fingerprint density at radius 2 is 1.81 bits per heavy atom. The average molecular weight is 421 g/mol. The Morgan fingerprint density at radius 1 is 1.03 bits per heavy atom. The number of methoxy groups -OCH3 is 2. The first-order chi connectivity index (χ1) is 15.0. The van der Waals surface area contributed by atoms with Crippen molar-refractivity contribution in [2.75, 3.05) is 20.8 Å². The van der Waals surface area contributed by atoms with Crippen LogP contribution in [0.5, 0.6) is 11.5 Å². The number of hydrogen-bond acceptors (Lipinski definition) is 7. The van der Waals surface area contributed by atoms with Gasteiger partial charge < -0.3 is 14.5 Å². The minimum atomic E-state index is -0.251. The number of aromatic amines is 1. The Hall–Kier alpha value is -3.72. The summed E-state index contributed by atoms with van der Waals surface area (Å²) in [5.41, 5.74) is 1.40. The number of ether oxygens (including phenoxy) is 2. The lowest BCUT2D eigenvalue weighted by Gasteiger charge is -2.19. The van der Waals surface area contributed by atoms with E-state index in [1.54, 1.807) is 30.5 Å². The van der Waals surface area contributed by atoms with Gasteiger partial charge in [-0.05, 0) is 24.7 Å². The molecule has 1 aromatic carbocycles. The van der Waals surface area contributed by atoms with Crippen LogP contribution in [0, 0.1) is 0 Å². The summed E-state index contributed by atoms with van der Waals surface area (Å²) >= 11 is 0. The molecule has 0 aliphatic carbocycles. The molecule has 0 fully saturated rings. The van der Waals surface area contributed by atoms with Gasteiger partial charge >= 0.3 is 0 Å². The summed E-state index contributed by atoms with van der Waals surface area (Å²) in [7, 11) is 3.06. The van der Waals surface area contributed by atoms with Gasteiger partial charge in [-0.3, -0.25) is 18.9 Å². The number of H-pyrrole nitrogens is 1. The molecule has 0 saturated heterocycles. The van der Waals surface area contributed by atoms with E-state index in [9.17, 15) is 9.59 Å². The Morgan fingerprint density at radius 3 is 2.55 bits per heavy atom. The van der Waals surface area contributed by atoms with Gasteiger partial charge in [-0.15, -0.1) is 0 Å². The van der Waals surface area contributed by atoms with Crippen LogP contribution >= 0.6 is 0 Å². The lowest BCUT2D eigenvalue weighted by atomic mass is 10.2. The van der Waals surface area contributed by atoms with Crippen LogP contribution in [-0.4, -0.2) is 45.0 Å². The summed E-state index contributed by atoms with van der Waals surface area (Å²) in [5.74, 6) is 1.50. The molecule has 0 saturated carbocycles. The number of aromatic nitrogens is 4. The summed E-state index contributed by atoms with van der Waals surface area (Å²) in [5, 5.41) is 0.425. The van der Waals surface area contributed by atoms with Crippen molar-refractivity contribution < 1.29 is 9.47 Å². The van der Waals surface area contributed by atoms with Gasteiger partial charge in [0.2, 0.25) is 0 Å². The number of nitrogens with zero attached hydrogens (tertiary/aromatic N) is 4. The molecular weight excluding hydrogens is 398 g/mol. The van der Waals surface area contributed by atoms with E-state index in [0.717, 1.165) is 0 Å². The van der Waals surface area contributed by atoms with E-state index in [1.165, 1.54) is 24.7 Å². The fourth-order valence-corrected chi connectivity index (χ4v) is 3.49. The topological polar surface area (TPSA) is 102 Å². The van der Waals surface area contributed by atoms with E-state index >= 15 is 0 Å². The standard InChI is InChI=1S/C22H23N5O4/c1-4-26(12-14-9-21(28)27-8-6-5-7-20(27)23-14)13-19-24-16-11-18(31-3)17(30-2)10-15(16)22(29)25-19/h5-11H,4,12-13H2,1-3H3,(H,24,25,29). The van der Waals surface area contributed by atoms with Crippen molar-refractivity contribution >= 4 is 16.6 Å². The maximum atomic E-state index is 12.6. The molecule has 0 bridgehead atoms. The third kappa shape index (κ3) is 4.13. The maximum absolute atomic E-state index is 12.6. The lowest BCUT2D eigenvalue weighted by molar-refractivity contribution is 0.261. The van der Waals surface area contributed by atoms with Gasteiger partial charge in [0.15, 0.2) is 11.5 Å². The van der Waals surface area contributed by atoms with Crippen molar-refractivity contribution in [3.63, 3.8) is 0 Å². The molecule has 0 aliphatic heterocycles. The SMILES string of the molecule is CCN(Cc1cc(=O)n2ccccc2n1)Cc1nc2cc(OC)c(OC)cc2c(=O)[nH]1. The monoisotopic (exact) mass is 421 g/mol. The normalized spacial score (nSPS) is 11.4. The zero-order valence-electron chi connectivity index (χ0n) is 17.6. The molecule has 9 nitrogen and oxygen atoms in total. The van der Waals surface area contributed by atoms with Gasteiger partial charge in [0, 0.05) is 24.9 Å². The van der Waals surface area contributed by atoms with E-state index in [0.29, 0.717) is 59.2 Å². The fraction of sp³-hybridized carbons (Fsp3) is 0.273. The molecule has 3 aromatic heterocycles. The molecule has 0 amide bonds. The quantitative estimate of drug-likeness (QED) is 0.487. The molecular formula is C22H23N5O4. The number of fused-ring (bicyclic) bond motifs is 2. The number of hydrogen-bond donors (Lipinski definition) is 1. The van der Waals surface area contributed by atoms with Crippen molar-refractivity contribution in [1.82, 2.24) is 24.3 Å². The predicted molar refractivity (Wildman–Crippen MR) is 117 cm³/mol. The molecule has 4 rings (SSSR count). The molecule has 4 aromatic rings. The van der Waals surface area contributed by atoms with Gasteiger partial charge in [-0.1, -0.05) is 13.0 Å². The zero-order valence-corrected chi connectivity index (χ0v) is 17.6. The zero-order chi connectivity index (χ0) is 22.0. The van der Waals surface area contributed by atoms with Gasteiger partial charge in [-0.25, -0.2) is 9.97 Å².